The molecule has 0 atom stereocenters. The standard InChI is InChI=1S/C13H20N4S/c1-4-9(5-2)7-15-11-10-6-8(3)18-12(10)17-13(14)16-11/h6,9H,4-5,7H2,1-3H3,(H3,14,15,16,17). The van der Waals surface area contributed by atoms with Crippen LogP contribution in [0.4, 0.5) is 11.8 Å². The maximum atomic E-state index is 5.75. The third kappa shape index (κ3) is 2.72. The van der Waals surface area contributed by atoms with Crippen molar-refractivity contribution in [2.75, 3.05) is 17.6 Å². The first-order valence-electron chi connectivity index (χ1n) is 6.41. The molecule has 0 amide bonds. The highest BCUT2D eigenvalue weighted by atomic mass is 32.1. The van der Waals surface area contributed by atoms with Crippen molar-refractivity contribution < 1.29 is 0 Å². The molecule has 2 aromatic heterocycles. The van der Waals surface area contributed by atoms with Crippen LogP contribution >= 0.6 is 11.3 Å². The molecular formula is C13H20N4S. The van der Waals surface area contributed by atoms with Crippen LogP contribution in [0.2, 0.25) is 0 Å². The Morgan fingerprint density at radius 3 is 2.72 bits per heavy atom. The molecule has 0 aliphatic heterocycles. The summed E-state index contributed by atoms with van der Waals surface area (Å²) in [6.07, 6.45) is 2.35. The van der Waals surface area contributed by atoms with Crippen molar-refractivity contribution in [3.63, 3.8) is 0 Å². The fourth-order valence-electron chi connectivity index (χ4n) is 2.01. The number of nitrogens with zero attached hydrogens (tertiary/aromatic N) is 2. The second-order valence-electron chi connectivity index (χ2n) is 4.57. The normalized spacial score (nSPS) is 11.3. The number of hydrogen-bond donors (Lipinski definition) is 2. The highest BCUT2D eigenvalue weighted by Crippen LogP contribution is 2.29. The van der Waals surface area contributed by atoms with Crippen molar-refractivity contribution in [3.05, 3.63) is 10.9 Å². The topological polar surface area (TPSA) is 63.8 Å². The molecule has 0 radical (unpaired) electrons. The van der Waals surface area contributed by atoms with Gasteiger partial charge in [0.15, 0.2) is 0 Å². The number of nitrogens with one attached hydrogen (secondary N) is 1. The maximum Gasteiger partial charge on any atom is 0.223 e. The Hall–Kier alpha value is -1.36. The first-order valence-corrected chi connectivity index (χ1v) is 7.23. The number of thiophene rings is 1. The first-order chi connectivity index (χ1) is 8.63. The number of rotatable bonds is 5. The molecule has 0 spiro atoms. The lowest BCUT2D eigenvalue weighted by atomic mass is 10.0. The minimum Gasteiger partial charge on any atom is -0.369 e. The molecule has 0 saturated carbocycles. The van der Waals surface area contributed by atoms with Crippen LogP contribution < -0.4 is 11.1 Å². The molecular weight excluding hydrogens is 244 g/mol. The molecule has 18 heavy (non-hydrogen) atoms. The average Bonchev–Trinajstić information content (AvgIpc) is 2.70. The third-order valence-electron chi connectivity index (χ3n) is 3.25. The van der Waals surface area contributed by atoms with Crippen LogP contribution in [0.3, 0.4) is 0 Å². The van der Waals surface area contributed by atoms with E-state index in [1.54, 1.807) is 11.3 Å². The minimum atomic E-state index is 0.344. The molecule has 98 valence electrons. The van der Waals surface area contributed by atoms with Crippen molar-refractivity contribution in [2.24, 2.45) is 5.92 Å². The molecule has 0 unspecified atom stereocenters. The Bertz CT molecular complexity index is 531. The SMILES string of the molecule is CCC(CC)CNc1nc(N)nc2sc(C)cc12. The van der Waals surface area contributed by atoms with E-state index in [0.717, 1.165) is 22.6 Å². The number of aryl methyl sites for hydroxylation is 1. The third-order valence-corrected chi connectivity index (χ3v) is 4.19. The molecule has 0 bridgehead atoms. The van der Waals surface area contributed by atoms with E-state index in [9.17, 15) is 0 Å². The molecule has 0 aliphatic rings. The maximum absolute atomic E-state index is 5.75. The second-order valence-corrected chi connectivity index (χ2v) is 5.80. The fraction of sp³-hybridized carbons (Fsp3) is 0.538. The van der Waals surface area contributed by atoms with Gasteiger partial charge in [-0.05, 0) is 18.9 Å². The van der Waals surface area contributed by atoms with Crippen LogP contribution in [0, 0.1) is 12.8 Å². The van der Waals surface area contributed by atoms with E-state index in [0.29, 0.717) is 11.9 Å². The van der Waals surface area contributed by atoms with Crippen molar-refractivity contribution in [1.82, 2.24) is 9.97 Å². The Kier molecular flexibility index (Phi) is 4.01. The highest BCUT2D eigenvalue weighted by Gasteiger charge is 2.10. The summed E-state index contributed by atoms with van der Waals surface area (Å²) < 4.78 is 0. The number of nitrogen functional groups attached to an aromatic ring is 1. The van der Waals surface area contributed by atoms with Gasteiger partial charge in [-0.3, -0.25) is 0 Å². The summed E-state index contributed by atoms with van der Waals surface area (Å²) >= 11 is 1.66. The van der Waals surface area contributed by atoms with Gasteiger partial charge in [-0.2, -0.15) is 4.98 Å². The van der Waals surface area contributed by atoms with E-state index in [4.69, 9.17) is 5.73 Å². The zero-order valence-corrected chi connectivity index (χ0v) is 12.0. The van der Waals surface area contributed by atoms with Gasteiger partial charge in [-0.15, -0.1) is 11.3 Å². The number of fused-ring (bicyclic) bond motifs is 1. The summed E-state index contributed by atoms with van der Waals surface area (Å²) in [6.45, 7) is 7.45. The molecule has 2 heterocycles. The lowest BCUT2D eigenvalue weighted by Gasteiger charge is -2.14. The van der Waals surface area contributed by atoms with Crippen LogP contribution in [0.15, 0.2) is 6.07 Å². The molecule has 0 aliphatic carbocycles. The summed E-state index contributed by atoms with van der Waals surface area (Å²) in [7, 11) is 0. The van der Waals surface area contributed by atoms with E-state index in [2.05, 4.69) is 42.1 Å². The zero-order valence-electron chi connectivity index (χ0n) is 11.2. The van der Waals surface area contributed by atoms with Gasteiger partial charge in [-0.25, -0.2) is 4.98 Å². The van der Waals surface area contributed by atoms with Gasteiger partial charge in [-0.1, -0.05) is 26.7 Å². The quantitative estimate of drug-likeness (QED) is 0.868. The van der Waals surface area contributed by atoms with Gasteiger partial charge in [0.25, 0.3) is 0 Å². The Balaban J connectivity index is 2.26. The fourth-order valence-corrected chi connectivity index (χ4v) is 2.90. The summed E-state index contributed by atoms with van der Waals surface area (Å²) in [6, 6.07) is 2.12. The monoisotopic (exact) mass is 264 g/mol. The van der Waals surface area contributed by atoms with Gasteiger partial charge in [0.05, 0.1) is 5.39 Å². The van der Waals surface area contributed by atoms with Crippen LogP contribution in [-0.4, -0.2) is 16.5 Å². The van der Waals surface area contributed by atoms with Crippen LogP contribution in [0.1, 0.15) is 31.6 Å². The summed E-state index contributed by atoms with van der Waals surface area (Å²) in [5.41, 5.74) is 5.75. The van der Waals surface area contributed by atoms with Gasteiger partial charge in [0.1, 0.15) is 10.6 Å². The first kappa shape index (κ1) is 13.1. The summed E-state index contributed by atoms with van der Waals surface area (Å²) in [4.78, 5) is 10.8. The van der Waals surface area contributed by atoms with Crippen molar-refractivity contribution in [2.45, 2.75) is 33.6 Å². The number of anilines is 2. The lowest BCUT2D eigenvalue weighted by Crippen LogP contribution is -2.14. The molecule has 2 rings (SSSR count). The summed E-state index contributed by atoms with van der Waals surface area (Å²) in [5.74, 6) is 1.89. The smallest absolute Gasteiger partial charge is 0.223 e. The van der Waals surface area contributed by atoms with Crippen LogP contribution in [0.25, 0.3) is 10.2 Å². The van der Waals surface area contributed by atoms with Gasteiger partial charge >= 0.3 is 0 Å². The predicted molar refractivity (Wildman–Crippen MR) is 79.1 cm³/mol. The zero-order chi connectivity index (χ0) is 13.1. The Labute approximate surface area is 112 Å². The van der Waals surface area contributed by atoms with E-state index in [1.165, 1.54) is 17.7 Å². The molecule has 5 heteroatoms. The molecule has 0 saturated heterocycles. The lowest BCUT2D eigenvalue weighted by molar-refractivity contribution is 0.518. The molecule has 0 fully saturated rings. The van der Waals surface area contributed by atoms with Gasteiger partial charge < -0.3 is 11.1 Å². The van der Waals surface area contributed by atoms with E-state index >= 15 is 0 Å². The second kappa shape index (κ2) is 5.52. The highest BCUT2D eigenvalue weighted by molar-refractivity contribution is 7.18. The van der Waals surface area contributed by atoms with E-state index < -0.39 is 0 Å². The minimum absolute atomic E-state index is 0.344. The predicted octanol–water partition coefficient (Wildman–Crippen LogP) is 3.43. The number of aromatic nitrogens is 2. The molecule has 3 N–H and O–H groups in total. The Morgan fingerprint density at radius 1 is 1.33 bits per heavy atom. The van der Waals surface area contributed by atoms with Crippen LogP contribution in [-0.2, 0) is 0 Å². The van der Waals surface area contributed by atoms with Crippen LogP contribution in [0.5, 0.6) is 0 Å². The number of hydrogen-bond acceptors (Lipinski definition) is 5. The van der Waals surface area contributed by atoms with Crippen molar-refractivity contribution in [3.8, 4) is 0 Å². The Morgan fingerprint density at radius 2 is 2.06 bits per heavy atom. The summed E-state index contributed by atoms with van der Waals surface area (Å²) in [5, 5.41) is 4.50. The van der Waals surface area contributed by atoms with E-state index in [1.807, 2.05) is 0 Å². The van der Waals surface area contributed by atoms with Crippen molar-refractivity contribution in [1.29, 1.82) is 0 Å². The van der Waals surface area contributed by atoms with Gasteiger partial charge in [0, 0.05) is 11.4 Å². The number of nitrogens with two attached hydrogens (primary N) is 1. The molecule has 0 aromatic carbocycles. The van der Waals surface area contributed by atoms with Crippen molar-refractivity contribution >= 4 is 33.3 Å². The van der Waals surface area contributed by atoms with E-state index in [-0.39, 0.29) is 0 Å². The molecule has 4 nitrogen and oxygen atoms in total. The molecule has 2 aromatic rings. The van der Waals surface area contributed by atoms with Gasteiger partial charge in [0.2, 0.25) is 5.95 Å². The largest absolute Gasteiger partial charge is 0.369 e. The average molecular weight is 264 g/mol.